The van der Waals surface area contributed by atoms with E-state index < -0.39 is 0 Å². The highest BCUT2D eigenvalue weighted by Crippen LogP contribution is 2.34. The molecule has 0 radical (unpaired) electrons. The minimum Gasteiger partial charge on any atom is -0.378 e. The summed E-state index contributed by atoms with van der Waals surface area (Å²) < 4.78 is 0. The summed E-state index contributed by atoms with van der Waals surface area (Å²) in [7, 11) is 4.15. The molecule has 17 heavy (non-hydrogen) atoms. The Bertz CT molecular complexity index is 338. The lowest BCUT2D eigenvalue weighted by Crippen LogP contribution is -2.29. The van der Waals surface area contributed by atoms with Gasteiger partial charge in [0.05, 0.1) is 0 Å². The predicted molar refractivity (Wildman–Crippen MR) is 74.4 cm³/mol. The number of nitrogens with one attached hydrogen (secondary N) is 1. The van der Waals surface area contributed by atoms with Gasteiger partial charge in [0.1, 0.15) is 0 Å². The summed E-state index contributed by atoms with van der Waals surface area (Å²) in [5.41, 5.74) is 2.65. The first-order valence-electron chi connectivity index (χ1n) is 6.70. The molecule has 0 saturated heterocycles. The minimum atomic E-state index is 0.725. The van der Waals surface area contributed by atoms with Crippen LogP contribution in [0.2, 0.25) is 0 Å². The Hall–Kier alpha value is -1.02. The summed E-state index contributed by atoms with van der Waals surface area (Å²) in [6.45, 7) is 3.29. The molecular weight excluding hydrogens is 208 g/mol. The second-order valence-corrected chi connectivity index (χ2v) is 5.29. The zero-order chi connectivity index (χ0) is 12.3. The van der Waals surface area contributed by atoms with Crippen molar-refractivity contribution < 1.29 is 0 Å². The molecule has 1 aliphatic rings. The Kier molecular flexibility index (Phi) is 4.06. The summed E-state index contributed by atoms with van der Waals surface area (Å²) in [4.78, 5) is 2.14. The van der Waals surface area contributed by atoms with Crippen molar-refractivity contribution in [2.45, 2.75) is 38.8 Å². The monoisotopic (exact) mass is 232 g/mol. The molecule has 1 unspecified atom stereocenters. The van der Waals surface area contributed by atoms with Gasteiger partial charge in [-0.05, 0) is 42.9 Å². The van der Waals surface area contributed by atoms with E-state index in [1.165, 1.54) is 30.5 Å². The lowest BCUT2D eigenvalue weighted by Gasteiger charge is -2.17. The van der Waals surface area contributed by atoms with E-state index in [1.807, 2.05) is 0 Å². The molecule has 0 aliphatic heterocycles. The topological polar surface area (TPSA) is 15.3 Å². The molecule has 2 heteroatoms. The molecule has 0 heterocycles. The maximum atomic E-state index is 3.68. The van der Waals surface area contributed by atoms with Crippen molar-refractivity contribution in [3.63, 3.8) is 0 Å². The molecule has 1 fully saturated rings. The summed E-state index contributed by atoms with van der Waals surface area (Å²) in [6, 6.07) is 9.55. The van der Waals surface area contributed by atoms with Gasteiger partial charge in [-0.1, -0.05) is 19.1 Å². The van der Waals surface area contributed by atoms with Crippen LogP contribution >= 0.6 is 0 Å². The molecule has 1 aromatic rings. The molecule has 1 N–H and O–H groups in total. The first kappa shape index (κ1) is 12.4. The smallest absolute Gasteiger partial charge is 0.0361 e. The summed E-state index contributed by atoms with van der Waals surface area (Å²) in [5, 5.41) is 3.68. The Morgan fingerprint density at radius 2 is 1.88 bits per heavy atom. The molecule has 0 spiro atoms. The van der Waals surface area contributed by atoms with Crippen molar-refractivity contribution in [1.29, 1.82) is 0 Å². The molecular formula is C15H24N2. The quantitative estimate of drug-likeness (QED) is 0.811. The molecule has 0 bridgehead atoms. The van der Waals surface area contributed by atoms with Crippen molar-refractivity contribution in [2.24, 2.45) is 5.92 Å². The van der Waals surface area contributed by atoms with Gasteiger partial charge in [-0.15, -0.1) is 0 Å². The normalized spacial score (nSPS) is 16.9. The Morgan fingerprint density at radius 3 is 2.35 bits per heavy atom. The molecule has 1 aliphatic carbocycles. The van der Waals surface area contributed by atoms with Gasteiger partial charge in [0.2, 0.25) is 0 Å². The molecule has 1 saturated carbocycles. The van der Waals surface area contributed by atoms with Crippen molar-refractivity contribution in [3.8, 4) is 0 Å². The average Bonchev–Trinajstić information content (AvgIpc) is 3.15. The molecule has 0 aromatic heterocycles. The van der Waals surface area contributed by atoms with Crippen molar-refractivity contribution in [2.75, 3.05) is 19.0 Å². The molecule has 2 nitrogen and oxygen atoms in total. The van der Waals surface area contributed by atoms with Crippen LogP contribution in [0.25, 0.3) is 0 Å². The van der Waals surface area contributed by atoms with E-state index in [9.17, 15) is 0 Å². The molecule has 1 atom stereocenters. The van der Waals surface area contributed by atoms with Crippen molar-refractivity contribution >= 4 is 5.69 Å². The van der Waals surface area contributed by atoms with Crippen LogP contribution in [0.1, 0.15) is 31.7 Å². The van der Waals surface area contributed by atoms with Gasteiger partial charge in [0, 0.05) is 32.4 Å². The summed E-state index contributed by atoms with van der Waals surface area (Å²) in [5.74, 6) is 0.945. The fourth-order valence-electron chi connectivity index (χ4n) is 2.30. The number of hydrogen-bond acceptors (Lipinski definition) is 2. The van der Waals surface area contributed by atoms with Gasteiger partial charge in [-0.3, -0.25) is 0 Å². The van der Waals surface area contributed by atoms with Gasteiger partial charge in [0.15, 0.2) is 0 Å². The molecule has 2 rings (SSSR count). The maximum Gasteiger partial charge on any atom is 0.0361 e. The van der Waals surface area contributed by atoms with Crippen LogP contribution in [0.3, 0.4) is 0 Å². The van der Waals surface area contributed by atoms with E-state index >= 15 is 0 Å². The van der Waals surface area contributed by atoms with Crippen LogP contribution in [0.4, 0.5) is 5.69 Å². The highest BCUT2D eigenvalue weighted by Gasteiger charge is 2.29. The first-order chi connectivity index (χ1) is 8.20. The van der Waals surface area contributed by atoms with E-state index in [0.29, 0.717) is 0 Å². The van der Waals surface area contributed by atoms with Gasteiger partial charge in [-0.2, -0.15) is 0 Å². The third-order valence-corrected chi connectivity index (χ3v) is 3.65. The van der Waals surface area contributed by atoms with Crippen LogP contribution in [0.5, 0.6) is 0 Å². The van der Waals surface area contributed by atoms with E-state index in [2.05, 4.69) is 55.5 Å². The number of nitrogens with zero attached hydrogens (tertiary/aromatic N) is 1. The van der Waals surface area contributed by atoms with E-state index in [4.69, 9.17) is 0 Å². The van der Waals surface area contributed by atoms with Crippen molar-refractivity contribution in [3.05, 3.63) is 29.8 Å². The zero-order valence-electron chi connectivity index (χ0n) is 11.2. The van der Waals surface area contributed by atoms with Crippen LogP contribution in [0.15, 0.2) is 24.3 Å². The summed E-state index contributed by atoms with van der Waals surface area (Å²) in [6.07, 6.45) is 4.09. The molecule has 0 amide bonds. The Balaban J connectivity index is 1.85. The van der Waals surface area contributed by atoms with Crippen LogP contribution in [-0.2, 0) is 6.54 Å². The first-order valence-corrected chi connectivity index (χ1v) is 6.70. The zero-order valence-corrected chi connectivity index (χ0v) is 11.2. The fourth-order valence-corrected chi connectivity index (χ4v) is 2.30. The standard InChI is InChI=1S/C15H24N2/c1-4-15(13-7-8-13)16-11-12-5-9-14(10-6-12)17(2)3/h5-6,9-10,13,15-16H,4,7-8,11H2,1-3H3. The lowest BCUT2D eigenvalue weighted by molar-refractivity contribution is 0.449. The fraction of sp³-hybridized carbons (Fsp3) is 0.600. The third-order valence-electron chi connectivity index (χ3n) is 3.65. The van der Waals surface area contributed by atoms with Gasteiger partial charge >= 0.3 is 0 Å². The van der Waals surface area contributed by atoms with Crippen LogP contribution in [0, 0.1) is 5.92 Å². The Morgan fingerprint density at radius 1 is 1.24 bits per heavy atom. The number of hydrogen-bond donors (Lipinski definition) is 1. The SMILES string of the molecule is CCC(NCc1ccc(N(C)C)cc1)C1CC1. The van der Waals surface area contributed by atoms with Crippen LogP contribution in [-0.4, -0.2) is 20.1 Å². The second-order valence-electron chi connectivity index (χ2n) is 5.29. The van der Waals surface area contributed by atoms with Gasteiger partial charge in [0.25, 0.3) is 0 Å². The number of benzene rings is 1. The number of anilines is 1. The van der Waals surface area contributed by atoms with Crippen molar-refractivity contribution in [1.82, 2.24) is 5.32 Å². The highest BCUT2D eigenvalue weighted by atomic mass is 15.1. The van der Waals surface area contributed by atoms with Crippen LogP contribution < -0.4 is 10.2 Å². The summed E-state index contributed by atoms with van der Waals surface area (Å²) >= 11 is 0. The molecule has 94 valence electrons. The average molecular weight is 232 g/mol. The van der Waals surface area contributed by atoms with Gasteiger partial charge in [-0.25, -0.2) is 0 Å². The largest absolute Gasteiger partial charge is 0.378 e. The molecule has 1 aromatic carbocycles. The lowest BCUT2D eigenvalue weighted by atomic mass is 10.1. The van der Waals surface area contributed by atoms with E-state index in [1.54, 1.807) is 0 Å². The number of rotatable bonds is 6. The maximum absolute atomic E-state index is 3.68. The predicted octanol–water partition coefficient (Wildman–Crippen LogP) is 3.03. The minimum absolute atomic E-state index is 0.725. The van der Waals surface area contributed by atoms with E-state index in [0.717, 1.165) is 18.5 Å². The highest BCUT2D eigenvalue weighted by molar-refractivity contribution is 5.45. The Labute approximate surface area is 105 Å². The van der Waals surface area contributed by atoms with Gasteiger partial charge < -0.3 is 10.2 Å². The second kappa shape index (κ2) is 5.54. The third kappa shape index (κ3) is 3.47. The van der Waals surface area contributed by atoms with E-state index in [-0.39, 0.29) is 0 Å².